The summed E-state index contributed by atoms with van der Waals surface area (Å²) in [4.78, 5) is 27.7. The molecule has 198 valence electrons. The molecule has 9 nitrogen and oxygen atoms in total. The molecule has 1 aromatic heterocycles. The van der Waals surface area contributed by atoms with E-state index < -0.39 is 6.03 Å². The van der Waals surface area contributed by atoms with Crippen molar-refractivity contribution in [1.29, 1.82) is 0 Å². The summed E-state index contributed by atoms with van der Waals surface area (Å²) in [6.07, 6.45) is 0. The van der Waals surface area contributed by atoms with Gasteiger partial charge in [0.05, 0.1) is 30.3 Å². The van der Waals surface area contributed by atoms with E-state index in [0.717, 1.165) is 16.9 Å². The van der Waals surface area contributed by atoms with Crippen LogP contribution in [0.2, 0.25) is 0 Å². The molecule has 2 N–H and O–H groups in total. The Balaban J connectivity index is 1.81. The molecule has 0 aliphatic rings. The van der Waals surface area contributed by atoms with E-state index in [1.807, 2.05) is 56.3 Å². The first-order chi connectivity index (χ1) is 17.6. The van der Waals surface area contributed by atoms with Crippen molar-refractivity contribution in [2.75, 3.05) is 44.0 Å². The molecule has 0 saturated carbocycles. The lowest BCUT2D eigenvalue weighted by Crippen LogP contribution is -2.42. The van der Waals surface area contributed by atoms with E-state index >= 15 is 0 Å². The molecule has 9 heteroatoms. The van der Waals surface area contributed by atoms with Gasteiger partial charge in [0, 0.05) is 25.1 Å². The van der Waals surface area contributed by atoms with Crippen molar-refractivity contribution in [3.05, 3.63) is 65.9 Å². The van der Waals surface area contributed by atoms with Gasteiger partial charge in [0.15, 0.2) is 0 Å². The number of methoxy groups -OCH3 is 1. The van der Waals surface area contributed by atoms with Crippen molar-refractivity contribution in [3.8, 4) is 11.4 Å². The molecule has 0 atom stereocenters. The van der Waals surface area contributed by atoms with Crippen LogP contribution in [0.5, 0.6) is 5.75 Å². The van der Waals surface area contributed by atoms with Crippen molar-refractivity contribution in [2.24, 2.45) is 0 Å². The third kappa shape index (κ3) is 7.57. The number of carbonyl (C=O) groups excluding carboxylic acids is 2. The van der Waals surface area contributed by atoms with Gasteiger partial charge in [-0.05, 0) is 43.7 Å². The number of ether oxygens (including phenoxy) is 2. The molecule has 3 rings (SSSR count). The minimum absolute atomic E-state index is 0.171. The van der Waals surface area contributed by atoms with Crippen LogP contribution in [0.4, 0.5) is 16.3 Å². The molecule has 3 amide bonds. The fraction of sp³-hybridized carbons (Fsp3) is 0.393. The van der Waals surface area contributed by atoms with Crippen molar-refractivity contribution < 1.29 is 19.1 Å². The van der Waals surface area contributed by atoms with Crippen LogP contribution in [-0.2, 0) is 14.9 Å². The van der Waals surface area contributed by atoms with Gasteiger partial charge in [-0.1, -0.05) is 45.0 Å². The SMILES string of the molecule is CCOc1ccccc1NC(=O)N(CCOC)CC(=O)Nc1cc(C(C)(C)C)nn1-c1cccc(C)c1. The topological polar surface area (TPSA) is 97.7 Å². The van der Waals surface area contributed by atoms with Crippen LogP contribution in [-0.4, -0.2) is 60.0 Å². The fourth-order valence-corrected chi connectivity index (χ4v) is 3.65. The number of benzene rings is 2. The van der Waals surface area contributed by atoms with Gasteiger partial charge >= 0.3 is 6.03 Å². The highest BCUT2D eigenvalue weighted by Crippen LogP contribution is 2.27. The van der Waals surface area contributed by atoms with Gasteiger partial charge < -0.3 is 25.0 Å². The number of amides is 3. The number of rotatable bonds is 10. The Labute approximate surface area is 218 Å². The summed E-state index contributed by atoms with van der Waals surface area (Å²) in [6.45, 7) is 10.9. The maximum Gasteiger partial charge on any atom is 0.322 e. The number of anilines is 2. The molecule has 3 aromatic rings. The average Bonchev–Trinajstić information content (AvgIpc) is 3.27. The molecule has 0 aliphatic carbocycles. The average molecular weight is 508 g/mol. The number of nitrogens with one attached hydrogen (secondary N) is 2. The van der Waals surface area contributed by atoms with Crippen molar-refractivity contribution in [2.45, 2.75) is 40.0 Å². The molecular formula is C28H37N5O4. The number of carbonyl (C=O) groups is 2. The molecule has 0 bridgehead atoms. The van der Waals surface area contributed by atoms with Gasteiger partial charge in [0.2, 0.25) is 5.91 Å². The van der Waals surface area contributed by atoms with Crippen molar-refractivity contribution >= 4 is 23.4 Å². The van der Waals surface area contributed by atoms with E-state index in [4.69, 9.17) is 14.6 Å². The van der Waals surface area contributed by atoms with Crippen LogP contribution in [0.25, 0.3) is 5.69 Å². The second-order valence-corrected chi connectivity index (χ2v) is 9.74. The zero-order valence-electron chi connectivity index (χ0n) is 22.5. The summed E-state index contributed by atoms with van der Waals surface area (Å²) in [6, 6.07) is 16.5. The maximum absolute atomic E-state index is 13.2. The van der Waals surface area contributed by atoms with Gasteiger partial charge in [-0.2, -0.15) is 5.10 Å². The summed E-state index contributed by atoms with van der Waals surface area (Å²) in [7, 11) is 1.55. The lowest BCUT2D eigenvalue weighted by Gasteiger charge is -2.23. The standard InChI is InChI=1S/C28H37N5O4/c1-7-37-23-14-9-8-13-22(23)29-27(35)32(15-16-36-6)19-26(34)30-25-18-24(28(3,4)5)31-33(25)21-12-10-11-20(2)17-21/h8-14,17-18H,7,15-16,19H2,1-6H3,(H,29,35)(H,30,34). The number of aryl methyl sites for hydroxylation is 1. The Morgan fingerprint density at radius 3 is 2.49 bits per heavy atom. The molecule has 2 aromatic carbocycles. The minimum atomic E-state index is -0.429. The zero-order valence-corrected chi connectivity index (χ0v) is 22.5. The van der Waals surface area contributed by atoms with Crippen molar-refractivity contribution in [3.63, 3.8) is 0 Å². The predicted octanol–water partition coefficient (Wildman–Crippen LogP) is 5.00. The van der Waals surface area contributed by atoms with Gasteiger partial charge in [0.1, 0.15) is 18.1 Å². The van der Waals surface area contributed by atoms with Gasteiger partial charge in [-0.25, -0.2) is 9.48 Å². The number of hydrogen-bond donors (Lipinski definition) is 2. The fourth-order valence-electron chi connectivity index (χ4n) is 3.65. The molecule has 37 heavy (non-hydrogen) atoms. The molecule has 0 unspecified atom stereocenters. The van der Waals surface area contributed by atoms with Crippen LogP contribution in [0.15, 0.2) is 54.6 Å². The Morgan fingerprint density at radius 2 is 1.81 bits per heavy atom. The molecule has 0 radical (unpaired) electrons. The monoisotopic (exact) mass is 507 g/mol. The first-order valence-corrected chi connectivity index (χ1v) is 12.4. The lowest BCUT2D eigenvalue weighted by molar-refractivity contribution is -0.116. The van der Waals surface area contributed by atoms with Gasteiger partial charge in [-0.3, -0.25) is 4.79 Å². The van der Waals surface area contributed by atoms with E-state index in [1.165, 1.54) is 4.90 Å². The van der Waals surface area contributed by atoms with E-state index in [1.54, 1.807) is 23.9 Å². The number of nitrogens with zero attached hydrogens (tertiary/aromatic N) is 3. The zero-order chi connectivity index (χ0) is 27.0. The Kier molecular flexibility index (Phi) is 9.30. The number of hydrogen-bond acceptors (Lipinski definition) is 5. The number of urea groups is 1. The van der Waals surface area contributed by atoms with Crippen molar-refractivity contribution in [1.82, 2.24) is 14.7 Å². The third-order valence-corrected chi connectivity index (χ3v) is 5.61. The van der Waals surface area contributed by atoms with Gasteiger partial charge in [0.25, 0.3) is 0 Å². The highest BCUT2D eigenvalue weighted by molar-refractivity contribution is 5.97. The van der Waals surface area contributed by atoms with Crippen LogP contribution < -0.4 is 15.4 Å². The smallest absolute Gasteiger partial charge is 0.322 e. The summed E-state index contributed by atoms with van der Waals surface area (Å²) >= 11 is 0. The first-order valence-electron chi connectivity index (χ1n) is 12.4. The molecule has 1 heterocycles. The van der Waals surface area contributed by atoms with E-state index in [-0.39, 0.29) is 31.0 Å². The van der Waals surface area contributed by atoms with E-state index in [0.29, 0.717) is 23.9 Å². The van der Waals surface area contributed by atoms with Crippen LogP contribution in [0.3, 0.4) is 0 Å². The van der Waals surface area contributed by atoms with Crippen LogP contribution in [0, 0.1) is 6.92 Å². The number of aromatic nitrogens is 2. The quantitative estimate of drug-likeness (QED) is 0.403. The first kappa shape index (κ1) is 27.7. The van der Waals surface area contributed by atoms with E-state index in [2.05, 4.69) is 31.4 Å². The highest BCUT2D eigenvalue weighted by atomic mass is 16.5. The molecule has 0 aliphatic heterocycles. The van der Waals surface area contributed by atoms with Gasteiger partial charge in [-0.15, -0.1) is 0 Å². The minimum Gasteiger partial charge on any atom is -0.492 e. The molecule has 0 spiro atoms. The second-order valence-electron chi connectivity index (χ2n) is 9.74. The summed E-state index contributed by atoms with van der Waals surface area (Å²) in [5.41, 5.74) is 3.08. The van der Waals surface area contributed by atoms with E-state index in [9.17, 15) is 9.59 Å². The highest BCUT2D eigenvalue weighted by Gasteiger charge is 2.23. The Morgan fingerprint density at radius 1 is 1.05 bits per heavy atom. The third-order valence-electron chi connectivity index (χ3n) is 5.61. The Bertz CT molecular complexity index is 1220. The predicted molar refractivity (Wildman–Crippen MR) is 146 cm³/mol. The molecular weight excluding hydrogens is 470 g/mol. The Hall–Kier alpha value is -3.85. The maximum atomic E-state index is 13.2. The normalized spacial score (nSPS) is 11.2. The lowest BCUT2D eigenvalue weighted by atomic mass is 9.92. The summed E-state index contributed by atoms with van der Waals surface area (Å²) < 4.78 is 12.5. The number of para-hydroxylation sites is 2. The summed E-state index contributed by atoms with van der Waals surface area (Å²) in [5.74, 6) is 0.749. The molecule has 0 fully saturated rings. The second kappa shape index (κ2) is 12.4. The van der Waals surface area contributed by atoms with Crippen LogP contribution >= 0.6 is 0 Å². The largest absolute Gasteiger partial charge is 0.492 e. The summed E-state index contributed by atoms with van der Waals surface area (Å²) in [5, 5.41) is 10.6. The van der Waals surface area contributed by atoms with Crippen LogP contribution in [0.1, 0.15) is 39.0 Å². The molecule has 0 saturated heterocycles.